The number of rotatable bonds is 1. The Morgan fingerprint density at radius 2 is 2.00 bits per heavy atom. The molecule has 0 saturated carbocycles. The number of hydrogen-bond donors (Lipinski definition) is 0. The summed E-state index contributed by atoms with van der Waals surface area (Å²) in [6, 6.07) is 4.16. The van der Waals surface area contributed by atoms with Gasteiger partial charge in [-0.25, -0.2) is 4.98 Å². The first-order valence-electron chi connectivity index (χ1n) is 4.81. The number of aryl methyl sites for hydroxylation is 2. The van der Waals surface area contributed by atoms with Gasteiger partial charge in [-0.3, -0.25) is 0 Å². The Balaban J connectivity index is 2.17. The summed E-state index contributed by atoms with van der Waals surface area (Å²) in [6.07, 6.45) is 2.85. The molecule has 2 heterocycles. The average molecular weight is 233 g/mol. The number of hydrogen-bond acceptors (Lipinski definition) is 3. The molecule has 2 rings (SSSR count). The molecule has 0 saturated heterocycles. The number of thiophene rings is 1. The second kappa shape index (κ2) is 4.61. The molecule has 76 valence electrons. The Morgan fingerprint density at radius 1 is 1.20 bits per heavy atom. The minimum Gasteiger partial charge on any atom is -0.248 e. The minimum absolute atomic E-state index is 0.991. The van der Waals surface area contributed by atoms with E-state index in [9.17, 15) is 0 Å². The third kappa shape index (κ3) is 2.68. The lowest BCUT2D eigenvalue weighted by Gasteiger charge is -1.79. The Labute approximate surface area is 97.8 Å². The maximum absolute atomic E-state index is 4.27. The van der Waals surface area contributed by atoms with Gasteiger partial charge in [0.05, 0.1) is 21.0 Å². The van der Waals surface area contributed by atoms with Crippen LogP contribution in [0.3, 0.4) is 0 Å². The summed E-state index contributed by atoms with van der Waals surface area (Å²) in [5, 5.41) is 1.15. The summed E-state index contributed by atoms with van der Waals surface area (Å²) < 4.78 is 0. The van der Waals surface area contributed by atoms with E-state index in [1.54, 1.807) is 22.7 Å². The maximum atomic E-state index is 4.27. The summed E-state index contributed by atoms with van der Waals surface area (Å²) in [7, 11) is 0. The summed E-state index contributed by atoms with van der Waals surface area (Å²) >= 11 is 3.41. The molecule has 0 aliphatic carbocycles. The van der Waals surface area contributed by atoms with Crippen molar-refractivity contribution in [2.24, 2.45) is 0 Å². The number of aromatic nitrogens is 1. The van der Waals surface area contributed by atoms with E-state index in [2.05, 4.69) is 42.8 Å². The van der Waals surface area contributed by atoms with Crippen molar-refractivity contribution in [1.29, 1.82) is 0 Å². The molecule has 0 N–H and O–H groups in total. The number of nitrogens with zero attached hydrogens (tertiary/aromatic N) is 1. The lowest BCUT2D eigenvalue weighted by Crippen LogP contribution is -1.70. The quantitative estimate of drug-likeness (QED) is 0.687. The molecule has 1 nitrogen and oxygen atoms in total. The second-order valence-electron chi connectivity index (χ2n) is 3.13. The zero-order valence-corrected chi connectivity index (χ0v) is 10.3. The maximum Gasteiger partial charge on any atom is 0.0973 e. The molecule has 0 aliphatic heterocycles. The van der Waals surface area contributed by atoms with E-state index in [-0.39, 0.29) is 0 Å². The lowest BCUT2D eigenvalue weighted by molar-refractivity contribution is 1.09. The zero-order chi connectivity index (χ0) is 10.7. The Bertz CT molecular complexity index is 511. The highest BCUT2D eigenvalue weighted by Crippen LogP contribution is 2.15. The standard InChI is InChI=1S/C12H11NS2/c1-3-12-13-8-11(15-12)7-6-10-5-4-9(2)14-10/h4-5,8H,3H2,1-2H3. The van der Waals surface area contributed by atoms with Gasteiger partial charge < -0.3 is 0 Å². The van der Waals surface area contributed by atoms with Crippen molar-refractivity contribution < 1.29 is 0 Å². The third-order valence-corrected chi connectivity index (χ3v) is 3.88. The zero-order valence-electron chi connectivity index (χ0n) is 8.70. The first kappa shape index (κ1) is 10.4. The Kier molecular flexibility index (Phi) is 3.20. The van der Waals surface area contributed by atoms with E-state index in [4.69, 9.17) is 0 Å². The summed E-state index contributed by atoms with van der Waals surface area (Å²) in [6.45, 7) is 4.20. The third-order valence-electron chi connectivity index (χ3n) is 1.91. The van der Waals surface area contributed by atoms with Crippen LogP contribution in [0.15, 0.2) is 18.3 Å². The molecular weight excluding hydrogens is 222 g/mol. The van der Waals surface area contributed by atoms with E-state index in [0.717, 1.165) is 21.2 Å². The van der Waals surface area contributed by atoms with Crippen LogP contribution in [0.25, 0.3) is 0 Å². The van der Waals surface area contributed by atoms with Crippen LogP contribution >= 0.6 is 22.7 Å². The molecule has 0 unspecified atom stereocenters. The molecule has 0 amide bonds. The molecule has 2 aromatic rings. The summed E-state index contributed by atoms with van der Waals surface area (Å²) in [4.78, 5) is 7.75. The normalized spacial score (nSPS) is 9.73. The van der Waals surface area contributed by atoms with Crippen LogP contribution in [0.5, 0.6) is 0 Å². The molecule has 0 radical (unpaired) electrons. The van der Waals surface area contributed by atoms with Gasteiger partial charge in [-0.2, -0.15) is 0 Å². The van der Waals surface area contributed by atoms with E-state index in [0.29, 0.717) is 0 Å². The Hall–Kier alpha value is -1.11. The molecule has 0 aromatic carbocycles. The van der Waals surface area contributed by atoms with Crippen LogP contribution in [0.1, 0.15) is 26.6 Å². The van der Waals surface area contributed by atoms with E-state index < -0.39 is 0 Å². The Morgan fingerprint density at radius 3 is 2.60 bits per heavy atom. The average Bonchev–Trinajstić information content (AvgIpc) is 2.83. The fourth-order valence-corrected chi connectivity index (χ4v) is 2.59. The highest BCUT2D eigenvalue weighted by molar-refractivity contribution is 7.12. The van der Waals surface area contributed by atoms with Crippen LogP contribution in [0.2, 0.25) is 0 Å². The molecular formula is C12H11NS2. The monoisotopic (exact) mass is 233 g/mol. The molecule has 3 heteroatoms. The molecule has 2 aromatic heterocycles. The molecule has 0 aliphatic rings. The molecule has 0 atom stereocenters. The van der Waals surface area contributed by atoms with Crippen LogP contribution in [0.4, 0.5) is 0 Å². The van der Waals surface area contributed by atoms with Gasteiger partial charge in [-0.15, -0.1) is 22.7 Å². The highest BCUT2D eigenvalue weighted by Gasteiger charge is 1.96. The van der Waals surface area contributed by atoms with E-state index >= 15 is 0 Å². The molecule has 0 fully saturated rings. The van der Waals surface area contributed by atoms with Crippen molar-refractivity contribution in [3.05, 3.63) is 38.0 Å². The lowest BCUT2D eigenvalue weighted by atomic mass is 10.4. The summed E-state index contributed by atoms with van der Waals surface area (Å²) in [5.74, 6) is 6.30. The topological polar surface area (TPSA) is 12.9 Å². The van der Waals surface area contributed by atoms with Gasteiger partial charge in [0.1, 0.15) is 0 Å². The van der Waals surface area contributed by atoms with Crippen molar-refractivity contribution in [2.45, 2.75) is 20.3 Å². The van der Waals surface area contributed by atoms with Gasteiger partial charge in [0, 0.05) is 4.88 Å². The van der Waals surface area contributed by atoms with Gasteiger partial charge in [0.25, 0.3) is 0 Å². The van der Waals surface area contributed by atoms with Crippen molar-refractivity contribution in [2.75, 3.05) is 0 Å². The van der Waals surface area contributed by atoms with Crippen LogP contribution in [-0.4, -0.2) is 4.98 Å². The molecule has 15 heavy (non-hydrogen) atoms. The molecule has 0 bridgehead atoms. The fraction of sp³-hybridized carbons (Fsp3) is 0.250. The van der Waals surface area contributed by atoms with Gasteiger partial charge >= 0.3 is 0 Å². The van der Waals surface area contributed by atoms with Gasteiger partial charge in [-0.05, 0) is 37.3 Å². The van der Waals surface area contributed by atoms with E-state index in [1.807, 2.05) is 6.20 Å². The SMILES string of the molecule is CCc1ncc(C#Cc2ccc(C)s2)s1. The first-order valence-corrected chi connectivity index (χ1v) is 6.44. The smallest absolute Gasteiger partial charge is 0.0973 e. The largest absolute Gasteiger partial charge is 0.248 e. The van der Waals surface area contributed by atoms with Crippen LogP contribution in [-0.2, 0) is 6.42 Å². The van der Waals surface area contributed by atoms with Crippen LogP contribution < -0.4 is 0 Å². The van der Waals surface area contributed by atoms with E-state index in [1.165, 1.54) is 4.88 Å². The first-order chi connectivity index (χ1) is 7.28. The van der Waals surface area contributed by atoms with Crippen molar-refractivity contribution in [1.82, 2.24) is 4.98 Å². The van der Waals surface area contributed by atoms with Crippen molar-refractivity contribution in [3.63, 3.8) is 0 Å². The van der Waals surface area contributed by atoms with Crippen molar-refractivity contribution >= 4 is 22.7 Å². The predicted molar refractivity (Wildman–Crippen MR) is 66.5 cm³/mol. The van der Waals surface area contributed by atoms with Crippen molar-refractivity contribution in [3.8, 4) is 11.8 Å². The fourth-order valence-electron chi connectivity index (χ4n) is 1.16. The van der Waals surface area contributed by atoms with Gasteiger partial charge in [0.2, 0.25) is 0 Å². The summed E-state index contributed by atoms with van der Waals surface area (Å²) in [5.41, 5.74) is 0. The van der Waals surface area contributed by atoms with Gasteiger partial charge in [-0.1, -0.05) is 6.92 Å². The minimum atomic E-state index is 0.991. The molecule has 0 spiro atoms. The predicted octanol–water partition coefficient (Wildman–Crippen LogP) is 3.48. The van der Waals surface area contributed by atoms with Crippen LogP contribution in [0, 0.1) is 18.8 Å². The highest BCUT2D eigenvalue weighted by atomic mass is 32.1. The second-order valence-corrected chi connectivity index (χ2v) is 5.54. The van der Waals surface area contributed by atoms with Gasteiger partial charge in [0.15, 0.2) is 0 Å². The number of thiazole rings is 1.